The predicted molar refractivity (Wildman–Crippen MR) is 135 cm³/mol. The Balaban J connectivity index is 1.60. The van der Waals surface area contributed by atoms with Gasteiger partial charge in [0.25, 0.3) is 5.91 Å². The second-order valence-corrected chi connectivity index (χ2v) is 10.0. The van der Waals surface area contributed by atoms with Gasteiger partial charge in [-0.25, -0.2) is 8.42 Å². The molecule has 0 aliphatic heterocycles. The van der Waals surface area contributed by atoms with Gasteiger partial charge in [0.1, 0.15) is 18.1 Å². The third-order valence-corrected chi connectivity index (χ3v) is 6.55. The zero-order chi connectivity index (χ0) is 24.7. The van der Waals surface area contributed by atoms with Gasteiger partial charge in [0, 0.05) is 11.6 Å². The van der Waals surface area contributed by atoms with Crippen molar-refractivity contribution >= 4 is 44.8 Å². The third-order valence-electron chi connectivity index (χ3n) is 4.83. The Morgan fingerprint density at radius 2 is 1.59 bits per heavy atom. The van der Waals surface area contributed by atoms with Crippen LogP contribution in [-0.4, -0.2) is 40.8 Å². The van der Waals surface area contributed by atoms with Crippen LogP contribution in [-0.2, 0) is 16.6 Å². The Labute approximate surface area is 209 Å². The van der Waals surface area contributed by atoms with Crippen LogP contribution in [0, 0.1) is 0 Å². The molecular weight excluding hydrogens is 499 g/mol. The number of rotatable bonds is 10. The molecule has 0 fully saturated rings. The van der Waals surface area contributed by atoms with Crippen LogP contribution in [0.3, 0.4) is 0 Å². The zero-order valence-corrected chi connectivity index (χ0v) is 21.0. The molecule has 1 N–H and O–H groups in total. The van der Waals surface area contributed by atoms with E-state index in [1.807, 2.05) is 12.1 Å². The molecule has 10 heteroatoms. The summed E-state index contributed by atoms with van der Waals surface area (Å²) in [5.74, 6) is 1.06. The number of carbonyl (C=O) groups is 1. The van der Waals surface area contributed by atoms with E-state index in [0.29, 0.717) is 35.8 Å². The number of halogens is 2. The van der Waals surface area contributed by atoms with E-state index >= 15 is 0 Å². The van der Waals surface area contributed by atoms with Gasteiger partial charge in [-0.05, 0) is 42.0 Å². The van der Waals surface area contributed by atoms with E-state index in [1.54, 1.807) is 61.7 Å². The van der Waals surface area contributed by atoms with E-state index in [2.05, 4.69) is 5.32 Å². The highest BCUT2D eigenvalue weighted by Gasteiger charge is 2.23. The first-order valence-corrected chi connectivity index (χ1v) is 12.8. The van der Waals surface area contributed by atoms with E-state index in [9.17, 15) is 13.2 Å². The minimum atomic E-state index is -3.67. The average molecular weight is 523 g/mol. The summed E-state index contributed by atoms with van der Waals surface area (Å²) in [5, 5.41) is 3.24. The normalized spacial score (nSPS) is 11.1. The lowest BCUT2D eigenvalue weighted by Crippen LogP contribution is -2.30. The summed E-state index contributed by atoms with van der Waals surface area (Å²) < 4.78 is 36.8. The molecule has 3 aromatic carbocycles. The van der Waals surface area contributed by atoms with E-state index < -0.39 is 10.0 Å². The van der Waals surface area contributed by atoms with E-state index in [0.717, 1.165) is 10.6 Å². The van der Waals surface area contributed by atoms with Crippen LogP contribution in [0.15, 0.2) is 66.7 Å². The SMILES string of the molecule is COc1cccc(OCCNC(=O)c2ccc(CN(c3c(Cl)cccc3Cl)S(C)(=O)=O)cc2)c1. The van der Waals surface area contributed by atoms with Crippen LogP contribution >= 0.6 is 23.2 Å². The molecule has 3 rings (SSSR count). The number of carbonyl (C=O) groups excluding carboxylic acids is 1. The maximum absolute atomic E-state index is 12.4. The zero-order valence-electron chi connectivity index (χ0n) is 18.6. The number of amides is 1. The highest BCUT2D eigenvalue weighted by Crippen LogP contribution is 2.35. The van der Waals surface area contributed by atoms with Gasteiger partial charge in [-0.1, -0.05) is 47.5 Å². The van der Waals surface area contributed by atoms with Crippen LogP contribution in [0.5, 0.6) is 11.5 Å². The summed E-state index contributed by atoms with van der Waals surface area (Å²) >= 11 is 12.4. The van der Waals surface area contributed by atoms with Gasteiger partial charge >= 0.3 is 0 Å². The number of anilines is 1. The van der Waals surface area contributed by atoms with Gasteiger partial charge in [0.2, 0.25) is 10.0 Å². The van der Waals surface area contributed by atoms with Gasteiger partial charge in [-0.2, -0.15) is 0 Å². The summed E-state index contributed by atoms with van der Waals surface area (Å²) in [6.07, 6.45) is 1.09. The Morgan fingerprint density at radius 3 is 2.21 bits per heavy atom. The number of nitrogens with zero attached hydrogens (tertiary/aromatic N) is 1. The smallest absolute Gasteiger partial charge is 0.251 e. The summed E-state index contributed by atoms with van der Waals surface area (Å²) in [5.41, 5.74) is 1.32. The third kappa shape index (κ3) is 6.79. The number of methoxy groups -OCH3 is 1. The molecule has 3 aromatic rings. The topological polar surface area (TPSA) is 84.9 Å². The number of nitrogens with one attached hydrogen (secondary N) is 1. The van der Waals surface area contributed by atoms with Gasteiger partial charge in [-0.15, -0.1) is 0 Å². The second kappa shape index (κ2) is 11.5. The first-order valence-electron chi connectivity index (χ1n) is 10.2. The quantitative estimate of drug-likeness (QED) is 0.387. The lowest BCUT2D eigenvalue weighted by molar-refractivity contribution is 0.0947. The summed E-state index contributed by atoms with van der Waals surface area (Å²) in [6, 6.07) is 18.6. The number of hydrogen-bond acceptors (Lipinski definition) is 5. The fraction of sp³-hybridized carbons (Fsp3) is 0.208. The second-order valence-electron chi connectivity index (χ2n) is 7.32. The molecule has 1 amide bonds. The molecule has 0 heterocycles. The van der Waals surface area contributed by atoms with Crippen LogP contribution in [0.25, 0.3) is 0 Å². The van der Waals surface area contributed by atoms with Crippen molar-refractivity contribution in [2.45, 2.75) is 6.54 Å². The first kappa shape index (κ1) is 25.7. The highest BCUT2D eigenvalue weighted by molar-refractivity contribution is 7.92. The Kier molecular flexibility index (Phi) is 8.66. The molecule has 0 aliphatic carbocycles. The monoisotopic (exact) mass is 522 g/mol. The van der Waals surface area contributed by atoms with Crippen LogP contribution in [0.2, 0.25) is 10.0 Å². The predicted octanol–water partition coefficient (Wildman–Crippen LogP) is 4.78. The molecule has 0 atom stereocenters. The van der Waals surface area contributed by atoms with Crippen LogP contribution in [0.1, 0.15) is 15.9 Å². The van der Waals surface area contributed by atoms with E-state index in [-0.39, 0.29) is 28.2 Å². The molecular formula is C24H24Cl2N2O5S. The molecule has 180 valence electrons. The number of benzene rings is 3. The number of hydrogen-bond donors (Lipinski definition) is 1. The summed E-state index contributed by atoms with van der Waals surface area (Å²) in [4.78, 5) is 12.4. The highest BCUT2D eigenvalue weighted by atomic mass is 35.5. The van der Waals surface area contributed by atoms with Crippen molar-refractivity contribution in [3.63, 3.8) is 0 Å². The Bertz CT molecular complexity index is 1230. The van der Waals surface area contributed by atoms with E-state index in [1.165, 1.54) is 0 Å². The summed E-state index contributed by atoms with van der Waals surface area (Å²) in [6.45, 7) is 0.613. The maximum atomic E-state index is 12.4. The van der Waals surface area contributed by atoms with Crippen LogP contribution in [0.4, 0.5) is 5.69 Å². The lowest BCUT2D eigenvalue weighted by atomic mass is 10.1. The standard InChI is InChI=1S/C24H24Cl2N2O5S/c1-32-19-5-3-6-20(15-19)33-14-13-27-24(29)18-11-9-17(10-12-18)16-28(34(2,30)31)23-21(25)7-4-8-22(23)26/h3-12,15H,13-14,16H2,1-2H3,(H,27,29). The number of sulfonamides is 1. The molecule has 0 saturated heterocycles. The molecule has 0 radical (unpaired) electrons. The van der Waals surface area contributed by atoms with Crippen molar-refractivity contribution in [2.24, 2.45) is 0 Å². The molecule has 0 unspecified atom stereocenters. The molecule has 34 heavy (non-hydrogen) atoms. The average Bonchev–Trinajstić information content (AvgIpc) is 2.81. The van der Waals surface area contributed by atoms with Crippen molar-refractivity contribution < 1.29 is 22.7 Å². The van der Waals surface area contributed by atoms with Crippen LogP contribution < -0.4 is 19.1 Å². The molecule has 0 aliphatic rings. The van der Waals surface area contributed by atoms with E-state index in [4.69, 9.17) is 32.7 Å². The van der Waals surface area contributed by atoms with Crippen molar-refractivity contribution in [1.82, 2.24) is 5.32 Å². The van der Waals surface area contributed by atoms with Gasteiger partial charge in [-0.3, -0.25) is 9.10 Å². The maximum Gasteiger partial charge on any atom is 0.251 e. The summed E-state index contributed by atoms with van der Waals surface area (Å²) in [7, 11) is -2.09. The molecule has 0 saturated carbocycles. The minimum Gasteiger partial charge on any atom is -0.497 e. The van der Waals surface area contributed by atoms with Gasteiger partial charge < -0.3 is 14.8 Å². The van der Waals surface area contributed by atoms with Gasteiger partial charge in [0.05, 0.1) is 42.2 Å². The molecule has 7 nitrogen and oxygen atoms in total. The van der Waals surface area contributed by atoms with Gasteiger partial charge in [0.15, 0.2) is 0 Å². The number of ether oxygens (including phenoxy) is 2. The van der Waals surface area contributed by atoms with Crippen molar-refractivity contribution in [1.29, 1.82) is 0 Å². The molecule has 0 bridgehead atoms. The fourth-order valence-corrected chi connectivity index (χ4v) is 4.76. The molecule has 0 aromatic heterocycles. The molecule has 0 spiro atoms. The minimum absolute atomic E-state index is 0.0125. The van der Waals surface area contributed by atoms with Crippen molar-refractivity contribution in [3.8, 4) is 11.5 Å². The fourth-order valence-electron chi connectivity index (χ4n) is 3.14. The van der Waals surface area contributed by atoms with Crippen molar-refractivity contribution in [2.75, 3.05) is 30.8 Å². The largest absolute Gasteiger partial charge is 0.497 e. The van der Waals surface area contributed by atoms with Crippen molar-refractivity contribution in [3.05, 3.63) is 87.9 Å². The Morgan fingerprint density at radius 1 is 0.971 bits per heavy atom. The Hall–Kier alpha value is -2.94. The first-order chi connectivity index (χ1) is 16.2. The lowest BCUT2D eigenvalue weighted by Gasteiger charge is -2.24. The number of para-hydroxylation sites is 1.